The summed E-state index contributed by atoms with van der Waals surface area (Å²) < 4.78 is 5.32. The molecule has 6 nitrogen and oxygen atoms in total. The number of anilines is 1. The molecule has 0 aliphatic carbocycles. The second-order valence-corrected chi connectivity index (χ2v) is 5.59. The third-order valence-electron chi connectivity index (χ3n) is 3.97. The molecule has 2 aromatic rings. The fraction of sp³-hybridized carbons (Fsp3) is 0.222. The smallest absolute Gasteiger partial charge is 0.414 e. The first-order valence-corrected chi connectivity index (χ1v) is 7.63. The molecule has 1 aliphatic heterocycles. The Morgan fingerprint density at radius 2 is 1.92 bits per heavy atom. The van der Waals surface area contributed by atoms with Crippen LogP contribution in [0.25, 0.3) is 0 Å². The van der Waals surface area contributed by atoms with Crippen molar-refractivity contribution in [3.8, 4) is 5.75 Å². The summed E-state index contributed by atoms with van der Waals surface area (Å²) in [6.45, 7) is 0.555. The molecule has 124 valence electrons. The average Bonchev–Trinajstić information content (AvgIpc) is 2.60. The van der Waals surface area contributed by atoms with Crippen molar-refractivity contribution in [1.82, 2.24) is 0 Å². The first-order valence-electron chi connectivity index (χ1n) is 7.63. The van der Waals surface area contributed by atoms with E-state index in [9.17, 15) is 14.7 Å². The van der Waals surface area contributed by atoms with Gasteiger partial charge in [-0.2, -0.15) is 0 Å². The number of carbonyl (C=O) groups excluding carboxylic acids is 1. The third-order valence-corrected chi connectivity index (χ3v) is 3.97. The first-order chi connectivity index (χ1) is 11.6. The highest BCUT2D eigenvalue weighted by atomic mass is 16.6. The van der Waals surface area contributed by atoms with E-state index < -0.39 is 12.1 Å². The van der Waals surface area contributed by atoms with Crippen molar-refractivity contribution in [1.29, 1.82) is 0 Å². The van der Waals surface area contributed by atoms with E-state index >= 15 is 0 Å². The number of rotatable bonds is 3. The van der Waals surface area contributed by atoms with Gasteiger partial charge in [0.1, 0.15) is 12.4 Å². The number of nitrogens with zero attached hydrogens (tertiary/aromatic N) is 1. The molecule has 0 aromatic heterocycles. The molecule has 0 fully saturated rings. The summed E-state index contributed by atoms with van der Waals surface area (Å²) in [6.07, 6.45) is 0.707. The van der Waals surface area contributed by atoms with Gasteiger partial charge in [0.25, 0.3) is 0 Å². The second kappa shape index (κ2) is 6.62. The van der Waals surface area contributed by atoms with Gasteiger partial charge in [-0.1, -0.05) is 30.3 Å². The molecule has 0 saturated carbocycles. The molecule has 1 amide bonds. The number of amides is 1. The van der Waals surface area contributed by atoms with Crippen LogP contribution in [0.4, 0.5) is 10.5 Å². The highest BCUT2D eigenvalue weighted by Crippen LogP contribution is 2.35. The van der Waals surface area contributed by atoms with E-state index in [1.807, 2.05) is 30.3 Å². The van der Waals surface area contributed by atoms with Crippen molar-refractivity contribution in [3.63, 3.8) is 0 Å². The van der Waals surface area contributed by atoms with Crippen molar-refractivity contribution in [2.24, 2.45) is 0 Å². The van der Waals surface area contributed by atoms with Crippen LogP contribution < -0.4 is 4.90 Å². The number of carboxylic acids is 1. The van der Waals surface area contributed by atoms with Gasteiger partial charge >= 0.3 is 12.1 Å². The molecule has 0 atom stereocenters. The Morgan fingerprint density at radius 1 is 1.17 bits per heavy atom. The molecule has 2 N–H and O–H groups in total. The molecule has 0 bridgehead atoms. The quantitative estimate of drug-likeness (QED) is 0.904. The molecule has 0 unspecified atom stereocenters. The lowest BCUT2D eigenvalue weighted by atomic mass is 9.98. The van der Waals surface area contributed by atoms with E-state index in [4.69, 9.17) is 9.84 Å². The number of benzene rings is 2. The fourth-order valence-electron chi connectivity index (χ4n) is 2.78. The van der Waals surface area contributed by atoms with Crippen molar-refractivity contribution in [2.75, 3.05) is 11.4 Å². The van der Waals surface area contributed by atoms with Crippen molar-refractivity contribution in [3.05, 3.63) is 59.2 Å². The largest absolute Gasteiger partial charge is 0.508 e. The second-order valence-electron chi connectivity index (χ2n) is 5.59. The van der Waals surface area contributed by atoms with Gasteiger partial charge in [0.2, 0.25) is 0 Å². The SMILES string of the molecule is O=C(O)c1cc(O)c2c(c1)N(C(=O)OCc1ccccc1)CCC2. The molecule has 0 radical (unpaired) electrons. The minimum Gasteiger partial charge on any atom is -0.508 e. The van der Waals surface area contributed by atoms with Crippen molar-refractivity contribution < 1.29 is 24.5 Å². The summed E-state index contributed by atoms with van der Waals surface area (Å²) in [5.41, 5.74) is 1.78. The lowest BCUT2D eigenvalue weighted by Gasteiger charge is -2.29. The van der Waals surface area contributed by atoms with Crippen LogP contribution in [0.2, 0.25) is 0 Å². The Morgan fingerprint density at radius 3 is 2.62 bits per heavy atom. The van der Waals surface area contributed by atoms with E-state index in [-0.39, 0.29) is 17.9 Å². The monoisotopic (exact) mass is 327 g/mol. The molecule has 6 heteroatoms. The number of ether oxygens (including phenoxy) is 1. The van der Waals surface area contributed by atoms with E-state index in [1.165, 1.54) is 17.0 Å². The van der Waals surface area contributed by atoms with Gasteiger partial charge in [-0.05, 0) is 30.5 Å². The van der Waals surface area contributed by atoms with Crippen LogP contribution in [0.5, 0.6) is 5.75 Å². The summed E-state index contributed by atoms with van der Waals surface area (Å²) in [5, 5.41) is 19.2. The van der Waals surface area contributed by atoms with E-state index in [0.717, 1.165) is 5.56 Å². The number of phenols is 1. The van der Waals surface area contributed by atoms with Crippen LogP contribution in [0.15, 0.2) is 42.5 Å². The number of phenolic OH excluding ortho intramolecular Hbond substituents is 1. The molecular weight excluding hydrogens is 310 g/mol. The fourth-order valence-corrected chi connectivity index (χ4v) is 2.78. The summed E-state index contributed by atoms with van der Waals surface area (Å²) in [5.74, 6) is -1.26. The molecule has 3 rings (SSSR count). The first kappa shape index (κ1) is 15.9. The highest BCUT2D eigenvalue weighted by molar-refractivity contribution is 5.95. The summed E-state index contributed by atoms with van der Waals surface area (Å²) >= 11 is 0. The van der Waals surface area contributed by atoms with Crippen LogP contribution in [0.1, 0.15) is 27.9 Å². The number of aromatic carboxylic acids is 1. The molecule has 0 spiro atoms. The Balaban J connectivity index is 1.83. The maximum atomic E-state index is 12.4. The van der Waals surface area contributed by atoms with Gasteiger partial charge in [0.15, 0.2) is 0 Å². The van der Waals surface area contributed by atoms with Crippen LogP contribution in [-0.4, -0.2) is 28.8 Å². The minimum absolute atomic E-state index is 0.0611. The predicted molar refractivity (Wildman–Crippen MR) is 87.4 cm³/mol. The normalized spacial score (nSPS) is 13.2. The van der Waals surface area contributed by atoms with Crippen LogP contribution in [0.3, 0.4) is 0 Å². The number of hydrogen-bond donors (Lipinski definition) is 2. The lowest BCUT2D eigenvalue weighted by molar-refractivity contribution is 0.0696. The Bertz CT molecular complexity index is 772. The maximum Gasteiger partial charge on any atom is 0.414 e. The summed E-state index contributed by atoms with van der Waals surface area (Å²) in [7, 11) is 0. The topological polar surface area (TPSA) is 87.1 Å². The van der Waals surface area contributed by atoms with E-state index in [2.05, 4.69) is 0 Å². The Labute approximate surface area is 138 Å². The third kappa shape index (κ3) is 3.17. The molecule has 2 aromatic carbocycles. The van der Waals surface area contributed by atoms with Gasteiger partial charge < -0.3 is 14.9 Å². The summed E-state index contributed by atoms with van der Waals surface area (Å²) in [4.78, 5) is 25.0. The minimum atomic E-state index is -1.16. The van der Waals surface area contributed by atoms with Gasteiger partial charge in [0.05, 0.1) is 11.3 Å². The predicted octanol–water partition coefficient (Wildman–Crippen LogP) is 3.18. The van der Waals surface area contributed by atoms with Crippen LogP contribution in [-0.2, 0) is 17.8 Å². The molecule has 1 heterocycles. The zero-order valence-corrected chi connectivity index (χ0v) is 12.9. The number of fused-ring (bicyclic) bond motifs is 1. The van der Waals surface area contributed by atoms with Gasteiger partial charge in [-0.15, -0.1) is 0 Å². The van der Waals surface area contributed by atoms with Crippen molar-refractivity contribution in [2.45, 2.75) is 19.4 Å². The molecule has 0 saturated heterocycles. The summed E-state index contributed by atoms with van der Waals surface area (Å²) in [6, 6.07) is 11.9. The lowest BCUT2D eigenvalue weighted by Crippen LogP contribution is -2.36. The number of hydrogen-bond acceptors (Lipinski definition) is 4. The molecule has 1 aliphatic rings. The zero-order chi connectivity index (χ0) is 17.1. The number of carboxylic acid groups (broad SMARTS) is 1. The van der Waals surface area contributed by atoms with Crippen LogP contribution >= 0.6 is 0 Å². The zero-order valence-electron chi connectivity index (χ0n) is 12.9. The van der Waals surface area contributed by atoms with Crippen molar-refractivity contribution >= 4 is 17.7 Å². The number of aromatic hydroxyl groups is 1. The maximum absolute atomic E-state index is 12.4. The van der Waals surface area contributed by atoms with Crippen LogP contribution in [0, 0.1) is 0 Å². The Kier molecular flexibility index (Phi) is 4.37. The molecular formula is C18H17NO5. The molecule has 24 heavy (non-hydrogen) atoms. The Hall–Kier alpha value is -3.02. The standard InChI is InChI=1S/C18H17NO5/c20-16-10-13(17(21)22)9-15-14(16)7-4-8-19(15)18(23)24-11-12-5-2-1-3-6-12/h1-3,5-6,9-10,20H,4,7-8,11H2,(H,21,22). The van der Waals surface area contributed by atoms with E-state index in [1.54, 1.807) is 0 Å². The van der Waals surface area contributed by atoms with Gasteiger partial charge in [0, 0.05) is 12.1 Å². The van der Waals surface area contributed by atoms with Gasteiger partial charge in [-0.3, -0.25) is 4.90 Å². The van der Waals surface area contributed by atoms with Gasteiger partial charge in [-0.25, -0.2) is 9.59 Å². The van der Waals surface area contributed by atoms with E-state index in [0.29, 0.717) is 30.6 Å². The number of carbonyl (C=O) groups is 2. The highest BCUT2D eigenvalue weighted by Gasteiger charge is 2.27. The average molecular weight is 327 g/mol.